The first-order valence-electron chi connectivity index (χ1n) is 5.71. The largest absolute Gasteiger partial charge is 0.370 e. The SMILES string of the molecule is Cc1cc(C)cc(N2CC3(CNC3)C2)c1. The third kappa shape index (κ3) is 1.44. The number of nitrogens with one attached hydrogen (secondary N) is 1. The molecule has 80 valence electrons. The Kier molecular flexibility index (Phi) is 1.84. The molecular formula is C13H18N2. The third-order valence-corrected chi connectivity index (χ3v) is 3.62. The highest BCUT2D eigenvalue weighted by molar-refractivity contribution is 5.54. The lowest BCUT2D eigenvalue weighted by Crippen LogP contribution is -2.71. The second-order valence-electron chi connectivity index (χ2n) is 5.31. The minimum Gasteiger partial charge on any atom is -0.370 e. The van der Waals surface area contributed by atoms with E-state index in [0.717, 1.165) is 0 Å². The molecule has 1 N–H and O–H groups in total. The van der Waals surface area contributed by atoms with Crippen molar-refractivity contribution >= 4 is 5.69 Å². The van der Waals surface area contributed by atoms with Crippen LogP contribution in [0.4, 0.5) is 5.69 Å². The van der Waals surface area contributed by atoms with Crippen molar-refractivity contribution in [3.05, 3.63) is 29.3 Å². The topological polar surface area (TPSA) is 15.3 Å². The zero-order valence-corrected chi connectivity index (χ0v) is 9.51. The number of rotatable bonds is 1. The van der Waals surface area contributed by atoms with Gasteiger partial charge in [0.1, 0.15) is 0 Å². The van der Waals surface area contributed by atoms with E-state index in [1.807, 2.05) is 0 Å². The standard InChI is InChI=1S/C13H18N2/c1-10-3-11(2)5-12(4-10)15-8-13(9-15)6-14-7-13/h3-5,14H,6-9H2,1-2H3. The van der Waals surface area contributed by atoms with Gasteiger partial charge in [-0.15, -0.1) is 0 Å². The van der Waals surface area contributed by atoms with Crippen molar-refractivity contribution in [1.29, 1.82) is 0 Å². The number of hydrogen-bond donors (Lipinski definition) is 1. The highest BCUT2D eigenvalue weighted by Crippen LogP contribution is 2.37. The summed E-state index contributed by atoms with van der Waals surface area (Å²) in [6.45, 7) is 9.27. The molecule has 0 unspecified atom stereocenters. The van der Waals surface area contributed by atoms with E-state index in [4.69, 9.17) is 0 Å². The van der Waals surface area contributed by atoms with Crippen LogP contribution in [0, 0.1) is 19.3 Å². The Bertz CT molecular complexity index is 365. The molecule has 0 aliphatic carbocycles. The van der Waals surface area contributed by atoms with Crippen LogP contribution in [0.15, 0.2) is 18.2 Å². The average Bonchev–Trinajstić information content (AvgIpc) is 1.95. The van der Waals surface area contributed by atoms with Crippen LogP contribution in [0.25, 0.3) is 0 Å². The summed E-state index contributed by atoms with van der Waals surface area (Å²) in [5.74, 6) is 0. The summed E-state index contributed by atoms with van der Waals surface area (Å²) in [6.07, 6.45) is 0. The van der Waals surface area contributed by atoms with Gasteiger partial charge in [-0.1, -0.05) is 6.07 Å². The highest BCUT2D eigenvalue weighted by Gasteiger charge is 2.47. The van der Waals surface area contributed by atoms with Crippen molar-refractivity contribution in [2.45, 2.75) is 13.8 Å². The number of aryl methyl sites for hydroxylation is 2. The summed E-state index contributed by atoms with van der Waals surface area (Å²) in [5.41, 5.74) is 4.78. The van der Waals surface area contributed by atoms with Gasteiger partial charge in [0, 0.05) is 37.3 Å². The first kappa shape index (κ1) is 9.22. The molecule has 0 aromatic heterocycles. The fourth-order valence-corrected chi connectivity index (χ4v) is 2.78. The molecule has 2 heteroatoms. The van der Waals surface area contributed by atoms with Crippen molar-refractivity contribution < 1.29 is 0 Å². The summed E-state index contributed by atoms with van der Waals surface area (Å²) in [5, 5.41) is 3.37. The van der Waals surface area contributed by atoms with E-state index in [0.29, 0.717) is 5.41 Å². The van der Waals surface area contributed by atoms with Gasteiger partial charge in [-0.05, 0) is 37.1 Å². The molecule has 2 aliphatic rings. The normalized spacial score (nSPS) is 22.4. The molecule has 0 radical (unpaired) electrons. The predicted octanol–water partition coefficient (Wildman–Crippen LogP) is 1.71. The number of nitrogens with zero attached hydrogens (tertiary/aromatic N) is 1. The number of benzene rings is 1. The van der Waals surface area contributed by atoms with Gasteiger partial charge in [0.15, 0.2) is 0 Å². The maximum absolute atomic E-state index is 3.37. The highest BCUT2D eigenvalue weighted by atomic mass is 15.3. The lowest BCUT2D eigenvalue weighted by molar-refractivity contribution is 0.121. The van der Waals surface area contributed by atoms with Crippen LogP contribution in [0.5, 0.6) is 0 Å². The van der Waals surface area contributed by atoms with Crippen LogP contribution in [0.1, 0.15) is 11.1 Å². The van der Waals surface area contributed by atoms with E-state index < -0.39 is 0 Å². The van der Waals surface area contributed by atoms with E-state index >= 15 is 0 Å². The van der Waals surface area contributed by atoms with Gasteiger partial charge in [0.2, 0.25) is 0 Å². The summed E-state index contributed by atoms with van der Waals surface area (Å²) < 4.78 is 0. The van der Waals surface area contributed by atoms with Crippen LogP contribution in [0.2, 0.25) is 0 Å². The van der Waals surface area contributed by atoms with E-state index in [2.05, 4.69) is 42.3 Å². The molecule has 2 aliphatic heterocycles. The van der Waals surface area contributed by atoms with Crippen LogP contribution in [0.3, 0.4) is 0 Å². The number of anilines is 1. The van der Waals surface area contributed by atoms with Crippen molar-refractivity contribution in [2.24, 2.45) is 5.41 Å². The first-order valence-corrected chi connectivity index (χ1v) is 5.71. The molecular weight excluding hydrogens is 184 g/mol. The van der Waals surface area contributed by atoms with Gasteiger partial charge in [-0.3, -0.25) is 0 Å². The molecule has 2 fully saturated rings. The zero-order chi connectivity index (χ0) is 10.5. The van der Waals surface area contributed by atoms with Crippen molar-refractivity contribution in [1.82, 2.24) is 5.32 Å². The first-order chi connectivity index (χ1) is 7.17. The van der Waals surface area contributed by atoms with Gasteiger partial charge >= 0.3 is 0 Å². The summed E-state index contributed by atoms with van der Waals surface area (Å²) in [6, 6.07) is 6.84. The second-order valence-corrected chi connectivity index (χ2v) is 5.31. The molecule has 2 saturated heterocycles. The fourth-order valence-electron chi connectivity index (χ4n) is 2.78. The Hall–Kier alpha value is -1.02. The average molecular weight is 202 g/mol. The lowest BCUT2D eigenvalue weighted by atomic mass is 9.74. The molecule has 1 spiro atoms. The lowest BCUT2D eigenvalue weighted by Gasteiger charge is -2.57. The molecule has 1 aromatic carbocycles. The zero-order valence-electron chi connectivity index (χ0n) is 9.51. The maximum Gasteiger partial charge on any atom is 0.0371 e. The quantitative estimate of drug-likeness (QED) is 0.746. The smallest absolute Gasteiger partial charge is 0.0371 e. The Morgan fingerprint density at radius 3 is 2.13 bits per heavy atom. The van der Waals surface area contributed by atoms with Crippen molar-refractivity contribution in [3.63, 3.8) is 0 Å². The molecule has 3 rings (SSSR count). The van der Waals surface area contributed by atoms with Crippen LogP contribution in [-0.4, -0.2) is 26.2 Å². The third-order valence-electron chi connectivity index (χ3n) is 3.62. The van der Waals surface area contributed by atoms with E-state index in [1.54, 1.807) is 0 Å². The maximum atomic E-state index is 3.37. The minimum absolute atomic E-state index is 0.623. The molecule has 15 heavy (non-hydrogen) atoms. The van der Waals surface area contributed by atoms with Crippen molar-refractivity contribution in [2.75, 3.05) is 31.1 Å². The fraction of sp³-hybridized carbons (Fsp3) is 0.538. The van der Waals surface area contributed by atoms with Gasteiger partial charge in [0.25, 0.3) is 0 Å². The van der Waals surface area contributed by atoms with Gasteiger partial charge < -0.3 is 10.2 Å². The van der Waals surface area contributed by atoms with Gasteiger partial charge in [0.05, 0.1) is 0 Å². The molecule has 0 amide bonds. The van der Waals surface area contributed by atoms with Crippen LogP contribution < -0.4 is 10.2 Å². The summed E-state index contributed by atoms with van der Waals surface area (Å²) in [4.78, 5) is 2.50. The predicted molar refractivity (Wildman–Crippen MR) is 63.4 cm³/mol. The Morgan fingerprint density at radius 1 is 1.07 bits per heavy atom. The number of hydrogen-bond acceptors (Lipinski definition) is 2. The van der Waals surface area contributed by atoms with E-state index in [-0.39, 0.29) is 0 Å². The van der Waals surface area contributed by atoms with Gasteiger partial charge in [-0.2, -0.15) is 0 Å². The molecule has 1 aromatic rings. The summed E-state index contributed by atoms with van der Waals surface area (Å²) in [7, 11) is 0. The molecule has 0 bridgehead atoms. The Labute approximate surface area is 91.3 Å². The van der Waals surface area contributed by atoms with Gasteiger partial charge in [-0.25, -0.2) is 0 Å². The molecule has 2 nitrogen and oxygen atoms in total. The molecule has 0 atom stereocenters. The monoisotopic (exact) mass is 202 g/mol. The van der Waals surface area contributed by atoms with E-state index in [1.165, 1.54) is 43.0 Å². The molecule has 0 saturated carbocycles. The Balaban J connectivity index is 1.77. The van der Waals surface area contributed by atoms with E-state index in [9.17, 15) is 0 Å². The van der Waals surface area contributed by atoms with Crippen LogP contribution in [-0.2, 0) is 0 Å². The van der Waals surface area contributed by atoms with Crippen molar-refractivity contribution in [3.8, 4) is 0 Å². The second kappa shape index (κ2) is 2.99. The minimum atomic E-state index is 0.623. The molecule has 2 heterocycles. The Morgan fingerprint density at radius 2 is 1.67 bits per heavy atom. The van der Waals surface area contributed by atoms with Crippen LogP contribution >= 0.6 is 0 Å². The summed E-state index contributed by atoms with van der Waals surface area (Å²) >= 11 is 0.